The quantitative estimate of drug-likeness (QED) is 0.748. The Hall–Kier alpha value is -1.38. The molecule has 0 aliphatic carbocycles. The number of nitrogens with zero attached hydrogens (tertiary/aromatic N) is 4. The summed E-state index contributed by atoms with van der Waals surface area (Å²) in [5.74, 6) is 2.05. The zero-order chi connectivity index (χ0) is 19.2. The number of pyridine rings is 1. The van der Waals surface area contributed by atoms with Crippen LogP contribution in [0.4, 0.5) is 5.82 Å². The first kappa shape index (κ1) is 19.0. The minimum absolute atomic E-state index is 0.0455. The molecule has 148 valence electrons. The number of sulfonamides is 1. The normalized spacial score (nSPS) is 27.2. The van der Waals surface area contributed by atoms with Crippen molar-refractivity contribution < 1.29 is 13.2 Å². The van der Waals surface area contributed by atoms with Crippen LogP contribution in [0.2, 0.25) is 5.02 Å². The summed E-state index contributed by atoms with van der Waals surface area (Å²) in [5, 5.41) is 0.636. The van der Waals surface area contributed by atoms with Crippen LogP contribution < -0.4 is 4.90 Å². The first-order valence-corrected chi connectivity index (χ1v) is 11.6. The van der Waals surface area contributed by atoms with Gasteiger partial charge in [0.25, 0.3) is 0 Å². The Morgan fingerprint density at radius 3 is 2.26 bits per heavy atom. The number of hydrogen-bond acceptors (Lipinski definition) is 5. The number of halogens is 1. The van der Waals surface area contributed by atoms with E-state index >= 15 is 0 Å². The molecule has 2 unspecified atom stereocenters. The predicted octanol–water partition coefficient (Wildman–Crippen LogP) is 1.30. The van der Waals surface area contributed by atoms with E-state index in [1.807, 2.05) is 17.0 Å². The number of amides is 1. The average molecular weight is 413 g/mol. The number of piperidine rings is 1. The van der Waals surface area contributed by atoms with E-state index in [0.717, 1.165) is 32.0 Å². The smallest absolute Gasteiger partial charge is 0.225 e. The maximum absolute atomic E-state index is 12.9. The van der Waals surface area contributed by atoms with Gasteiger partial charge in [0.1, 0.15) is 5.82 Å². The SMILES string of the molecule is CS(=O)(=O)N1CCC(C(=O)N2CC3CN(c4ccc(Cl)cn4)CC3C2)CC1. The highest BCUT2D eigenvalue weighted by Crippen LogP contribution is 2.35. The maximum atomic E-state index is 12.9. The molecule has 0 spiro atoms. The minimum Gasteiger partial charge on any atom is -0.356 e. The number of fused-ring (bicyclic) bond motifs is 1. The van der Waals surface area contributed by atoms with Gasteiger partial charge in [-0.2, -0.15) is 0 Å². The molecule has 2 atom stereocenters. The molecule has 0 bridgehead atoms. The Balaban J connectivity index is 1.31. The van der Waals surface area contributed by atoms with Gasteiger partial charge in [-0.1, -0.05) is 11.6 Å². The first-order valence-electron chi connectivity index (χ1n) is 9.41. The Morgan fingerprint density at radius 2 is 1.74 bits per heavy atom. The van der Waals surface area contributed by atoms with E-state index in [4.69, 9.17) is 11.6 Å². The molecule has 3 saturated heterocycles. The topological polar surface area (TPSA) is 73.8 Å². The van der Waals surface area contributed by atoms with Crippen LogP contribution in [0.3, 0.4) is 0 Å². The fourth-order valence-electron chi connectivity index (χ4n) is 4.61. The largest absolute Gasteiger partial charge is 0.356 e. The second-order valence-corrected chi connectivity index (χ2v) is 10.4. The van der Waals surface area contributed by atoms with Gasteiger partial charge in [0.05, 0.1) is 11.3 Å². The summed E-state index contributed by atoms with van der Waals surface area (Å²) in [6, 6.07) is 3.80. The number of aromatic nitrogens is 1. The fraction of sp³-hybridized carbons (Fsp3) is 0.667. The molecule has 0 radical (unpaired) electrons. The highest BCUT2D eigenvalue weighted by atomic mass is 35.5. The molecular weight excluding hydrogens is 388 g/mol. The molecule has 4 heterocycles. The molecule has 3 fully saturated rings. The molecular formula is C18H25ClN4O3S. The van der Waals surface area contributed by atoms with Gasteiger partial charge in [-0.25, -0.2) is 17.7 Å². The number of rotatable bonds is 3. The summed E-state index contributed by atoms with van der Waals surface area (Å²) < 4.78 is 24.7. The highest BCUT2D eigenvalue weighted by Gasteiger charge is 2.43. The van der Waals surface area contributed by atoms with Crippen molar-refractivity contribution in [1.82, 2.24) is 14.2 Å². The van der Waals surface area contributed by atoms with Crippen LogP contribution in [0.1, 0.15) is 12.8 Å². The van der Waals surface area contributed by atoms with Gasteiger partial charge in [0.2, 0.25) is 15.9 Å². The molecule has 9 heteroatoms. The van der Waals surface area contributed by atoms with Crippen molar-refractivity contribution >= 4 is 33.3 Å². The lowest BCUT2D eigenvalue weighted by atomic mass is 9.96. The summed E-state index contributed by atoms with van der Waals surface area (Å²) in [5.41, 5.74) is 0. The van der Waals surface area contributed by atoms with Crippen LogP contribution in [0, 0.1) is 17.8 Å². The molecule has 0 N–H and O–H groups in total. The van der Waals surface area contributed by atoms with Gasteiger partial charge in [-0.15, -0.1) is 0 Å². The van der Waals surface area contributed by atoms with E-state index in [9.17, 15) is 13.2 Å². The van der Waals surface area contributed by atoms with Crippen molar-refractivity contribution in [2.24, 2.45) is 17.8 Å². The van der Waals surface area contributed by atoms with Crippen molar-refractivity contribution in [1.29, 1.82) is 0 Å². The summed E-state index contributed by atoms with van der Waals surface area (Å²) in [6.45, 7) is 4.31. The van der Waals surface area contributed by atoms with E-state index in [2.05, 4.69) is 9.88 Å². The molecule has 27 heavy (non-hydrogen) atoms. The minimum atomic E-state index is -3.15. The first-order chi connectivity index (χ1) is 12.8. The third-order valence-electron chi connectivity index (χ3n) is 6.11. The lowest BCUT2D eigenvalue weighted by Gasteiger charge is -2.32. The number of carbonyl (C=O) groups is 1. The summed E-state index contributed by atoms with van der Waals surface area (Å²) in [6.07, 6.45) is 4.15. The Bertz CT molecular complexity index is 794. The van der Waals surface area contributed by atoms with Gasteiger partial charge in [-0.3, -0.25) is 4.79 Å². The summed E-state index contributed by atoms with van der Waals surface area (Å²) >= 11 is 5.91. The molecule has 0 saturated carbocycles. The molecule has 1 aromatic heterocycles. The van der Waals surface area contributed by atoms with Gasteiger partial charge >= 0.3 is 0 Å². The van der Waals surface area contributed by atoms with Gasteiger partial charge in [-0.05, 0) is 25.0 Å². The Morgan fingerprint density at radius 1 is 1.11 bits per heavy atom. The molecule has 7 nitrogen and oxygen atoms in total. The van der Waals surface area contributed by atoms with Gasteiger partial charge < -0.3 is 9.80 Å². The average Bonchev–Trinajstić information content (AvgIpc) is 3.20. The number of carbonyl (C=O) groups excluding carboxylic acids is 1. The van der Waals surface area contributed by atoms with Crippen molar-refractivity contribution in [3.63, 3.8) is 0 Å². The van der Waals surface area contributed by atoms with Crippen LogP contribution in [0.5, 0.6) is 0 Å². The molecule has 1 amide bonds. The third kappa shape index (κ3) is 3.93. The second kappa shape index (κ2) is 7.22. The van der Waals surface area contributed by atoms with Crippen LogP contribution >= 0.6 is 11.6 Å². The van der Waals surface area contributed by atoms with Crippen molar-refractivity contribution in [3.8, 4) is 0 Å². The zero-order valence-corrected chi connectivity index (χ0v) is 17.0. The van der Waals surface area contributed by atoms with E-state index in [-0.39, 0.29) is 11.8 Å². The Kier molecular flexibility index (Phi) is 5.07. The van der Waals surface area contributed by atoms with Crippen molar-refractivity contribution in [2.45, 2.75) is 12.8 Å². The van der Waals surface area contributed by atoms with E-state index < -0.39 is 10.0 Å². The molecule has 3 aliphatic heterocycles. The van der Waals surface area contributed by atoms with Crippen LogP contribution in [0.25, 0.3) is 0 Å². The highest BCUT2D eigenvalue weighted by molar-refractivity contribution is 7.88. The molecule has 3 aliphatic rings. The zero-order valence-electron chi connectivity index (χ0n) is 15.4. The second-order valence-electron chi connectivity index (χ2n) is 7.94. The maximum Gasteiger partial charge on any atom is 0.225 e. The summed E-state index contributed by atoms with van der Waals surface area (Å²) in [4.78, 5) is 21.6. The lowest BCUT2D eigenvalue weighted by Crippen LogP contribution is -2.44. The van der Waals surface area contributed by atoms with Crippen LogP contribution in [0.15, 0.2) is 18.3 Å². The van der Waals surface area contributed by atoms with E-state index in [1.54, 1.807) is 6.20 Å². The molecule has 4 rings (SSSR count). The van der Waals surface area contributed by atoms with Gasteiger partial charge in [0, 0.05) is 63.2 Å². The van der Waals surface area contributed by atoms with Gasteiger partial charge in [0.15, 0.2) is 0 Å². The van der Waals surface area contributed by atoms with Crippen molar-refractivity contribution in [2.75, 3.05) is 50.4 Å². The standard InChI is InChI=1S/C18H25ClN4O3S/c1-27(25,26)23-6-4-13(5-7-23)18(24)22-11-14-9-21(10-15(14)12-22)17-3-2-16(19)8-20-17/h2-3,8,13-15H,4-7,9-12H2,1H3. The van der Waals surface area contributed by atoms with E-state index in [1.165, 1.54) is 10.6 Å². The number of hydrogen-bond donors (Lipinski definition) is 0. The van der Waals surface area contributed by atoms with Crippen LogP contribution in [-0.2, 0) is 14.8 Å². The predicted molar refractivity (Wildman–Crippen MR) is 104 cm³/mol. The molecule has 1 aromatic rings. The third-order valence-corrected chi connectivity index (χ3v) is 7.63. The lowest BCUT2D eigenvalue weighted by molar-refractivity contribution is -0.135. The number of anilines is 1. The fourth-order valence-corrected chi connectivity index (χ4v) is 5.59. The monoisotopic (exact) mass is 412 g/mol. The van der Waals surface area contributed by atoms with Crippen molar-refractivity contribution in [3.05, 3.63) is 23.4 Å². The molecule has 0 aromatic carbocycles. The van der Waals surface area contributed by atoms with Crippen LogP contribution in [-0.4, -0.2) is 74.0 Å². The number of likely N-dealkylation sites (tertiary alicyclic amines) is 1. The Labute approximate surface area is 165 Å². The summed E-state index contributed by atoms with van der Waals surface area (Å²) in [7, 11) is -3.15. The van der Waals surface area contributed by atoms with E-state index in [0.29, 0.717) is 42.8 Å².